The second-order valence-corrected chi connectivity index (χ2v) is 10.5. The summed E-state index contributed by atoms with van der Waals surface area (Å²) in [7, 11) is -0.309. The molecule has 0 unspecified atom stereocenters. The van der Waals surface area contributed by atoms with Crippen LogP contribution in [0.15, 0.2) is 60.8 Å². The molecule has 2 aromatic carbocycles. The van der Waals surface area contributed by atoms with Crippen LogP contribution in [0.4, 0.5) is 0 Å². The third kappa shape index (κ3) is 7.20. The molecular weight excluding hydrogens is 525 g/mol. The molecule has 11 heteroatoms. The van der Waals surface area contributed by atoms with E-state index in [4.69, 9.17) is 27.4 Å². The first-order valence-electron chi connectivity index (χ1n) is 10.7. The van der Waals surface area contributed by atoms with Gasteiger partial charge in [-0.1, -0.05) is 35.3 Å². The van der Waals surface area contributed by atoms with Crippen molar-refractivity contribution < 1.29 is 22.2 Å². The Balaban J connectivity index is 1.69. The fourth-order valence-corrected chi connectivity index (χ4v) is 4.17. The van der Waals surface area contributed by atoms with Crippen molar-refractivity contribution >= 4 is 51.2 Å². The van der Waals surface area contributed by atoms with Crippen LogP contribution in [0.3, 0.4) is 0 Å². The lowest BCUT2D eigenvalue weighted by Crippen LogP contribution is -2.22. The Morgan fingerprint density at radius 2 is 1.78 bits per heavy atom. The number of aromatic nitrogens is 1. The van der Waals surface area contributed by atoms with Crippen LogP contribution in [0.25, 0.3) is 11.8 Å². The summed E-state index contributed by atoms with van der Waals surface area (Å²) in [5.41, 5.74) is 2.98. The highest BCUT2D eigenvalue weighted by molar-refractivity contribution is 7.85. The van der Waals surface area contributed by atoms with Crippen molar-refractivity contribution in [2.75, 3.05) is 20.4 Å². The van der Waals surface area contributed by atoms with Crippen LogP contribution in [0, 0.1) is 0 Å². The van der Waals surface area contributed by atoms with Gasteiger partial charge < -0.3 is 14.8 Å². The summed E-state index contributed by atoms with van der Waals surface area (Å²) in [6.45, 7) is -0.0899. The first kappa shape index (κ1) is 27.5. The van der Waals surface area contributed by atoms with Crippen LogP contribution in [0.1, 0.15) is 27.2 Å². The highest BCUT2D eigenvalue weighted by Crippen LogP contribution is 2.32. The number of carbonyl (C=O) groups is 2. The molecule has 8 nitrogen and oxygen atoms in total. The number of rotatable bonds is 9. The minimum atomic E-state index is -3.68. The van der Waals surface area contributed by atoms with Crippen LogP contribution < -0.4 is 5.32 Å². The zero-order valence-corrected chi connectivity index (χ0v) is 22.2. The molecule has 190 valence electrons. The van der Waals surface area contributed by atoms with Crippen LogP contribution in [-0.2, 0) is 32.2 Å². The van der Waals surface area contributed by atoms with E-state index < -0.39 is 10.1 Å². The van der Waals surface area contributed by atoms with Gasteiger partial charge in [0.05, 0.1) is 30.1 Å². The van der Waals surface area contributed by atoms with Gasteiger partial charge >= 0.3 is 0 Å². The van der Waals surface area contributed by atoms with Gasteiger partial charge in [0.2, 0.25) is 5.91 Å². The summed E-state index contributed by atoms with van der Waals surface area (Å²) < 4.78 is 29.4. The topological polar surface area (TPSA) is 97.7 Å². The molecule has 0 fully saturated rings. The predicted octanol–water partition coefficient (Wildman–Crippen LogP) is 4.29. The van der Waals surface area contributed by atoms with Gasteiger partial charge in [-0.15, -0.1) is 0 Å². The minimum Gasteiger partial charge on any atom is -0.347 e. The Kier molecular flexibility index (Phi) is 8.97. The van der Waals surface area contributed by atoms with Crippen LogP contribution in [0.2, 0.25) is 10.0 Å². The summed E-state index contributed by atoms with van der Waals surface area (Å²) in [6.07, 6.45) is 5.78. The predicted molar refractivity (Wildman–Crippen MR) is 141 cm³/mol. The zero-order valence-electron chi connectivity index (χ0n) is 19.9. The maximum Gasteiger partial charge on any atom is 0.264 e. The molecule has 0 saturated carbocycles. The van der Waals surface area contributed by atoms with E-state index in [0.29, 0.717) is 16.8 Å². The number of halogens is 2. The first-order valence-corrected chi connectivity index (χ1v) is 13.3. The number of nitrogens with one attached hydrogen (secondary N) is 1. The normalized spacial score (nSPS) is 11.6. The number of nitrogens with zero attached hydrogens (tertiary/aromatic N) is 2. The van der Waals surface area contributed by atoms with Gasteiger partial charge in [-0.25, -0.2) is 0 Å². The van der Waals surface area contributed by atoms with E-state index in [-0.39, 0.29) is 35.0 Å². The van der Waals surface area contributed by atoms with E-state index >= 15 is 0 Å². The number of benzene rings is 2. The zero-order chi connectivity index (χ0) is 26.5. The van der Waals surface area contributed by atoms with Gasteiger partial charge in [0.25, 0.3) is 16.0 Å². The van der Waals surface area contributed by atoms with Crippen LogP contribution >= 0.6 is 23.2 Å². The third-order valence-electron chi connectivity index (χ3n) is 5.11. The standard InChI is InChI=1S/C25H25Cl2N3O5S/c1-29(2)25(32)18-9-6-17(7-10-18)8-13-23(31)28-15-19-5-4-14-30(19)22-12-11-21(26)20(24(22)27)16-35-36(3,33)34/h4-14H,15-16H2,1-3H3,(H,28,31). The molecule has 3 aromatic rings. The van der Waals surface area contributed by atoms with Gasteiger partial charge in [0.15, 0.2) is 0 Å². The fraction of sp³-hybridized carbons (Fsp3) is 0.200. The fourth-order valence-electron chi connectivity index (χ4n) is 3.27. The summed E-state index contributed by atoms with van der Waals surface area (Å²) in [5, 5.41) is 3.34. The average molecular weight is 550 g/mol. The maximum atomic E-state index is 12.4. The monoisotopic (exact) mass is 549 g/mol. The molecule has 0 atom stereocenters. The van der Waals surface area contributed by atoms with E-state index in [9.17, 15) is 18.0 Å². The lowest BCUT2D eigenvalue weighted by atomic mass is 10.1. The molecule has 0 radical (unpaired) electrons. The van der Waals surface area contributed by atoms with Crippen molar-refractivity contribution in [3.05, 3.63) is 93.2 Å². The van der Waals surface area contributed by atoms with Crippen molar-refractivity contribution in [3.63, 3.8) is 0 Å². The summed E-state index contributed by atoms with van der Waals surface area (Å²) >= 11 is 12.7. The number of carbonyl (C=O) groups excluding carboxylic acids is 2. The minimum absolute atomic E-state index is 0.0953. The first-order chi connectivity index (χ1) is 17.0. The molecule has 0 spiro atoms. The van der Waals surface area contributed by atoms with Crippen molar-refractivity contribution in [2.24, 2.45) is 0 Å². The molecule has 2 amide bonds. The summed E-state index contributed by atoms with van der Waals surface area (Å²) in [5.74, 6) is -0.400. The Morgan fingerprint density at radius 3 is 2.42 bits per heavy atom. The van der Waals surface area contributed by atoms with Crippen LogP contribution in [0.5, 0.6) is 0 Å². The van der Waals surface area contributed by atoms with Gasteiger partial charge in [-0.05, 0) is 48.0 Å². The number of hydrogen-bond acceptors (Lipinski definition) is 5. The molecule has 0 aliphatic heterocycles. The quantitative estimate of drug-likeness (QED) is 0.317. The third-order valence-corrected chi connectivity index (χ3v) is 6.43. The van der Waals surface area contributed by atoms with Crippen LogP contribution in [-0.4, -0.2) is 50.1 Å². The second kappa shape index (κ2) is 11.7. The summed E-state index contributed by atoms with van der Waals surface area (Å²) in [4.78, 5) is 25.9. The molecule has 1 aromatic heterocycles. The average Bonchev–Trinajstić information content (AvgIpc) is 3.28. The largest absolute Gasteiger partial charge is 0.347 e. The Hall–Kier alpha value is -3.11. The molecule has 1 heterocycles. The molecular formula is C25H25Cl2N3O5S. The summed E-state index contributed by atoms with van der Waals surface area (Å²) in [6, 6.07) is 13.9. The second-order valence-electron chi connectivity index (χ2n) is 8.07. The van der Waals surface area contributed by atoms with Gasteiger partial charge in [0.1, 0.15) is 0 Å². The SMILES string of the molecule is CN(C)C(=O)c1ccc(C=CC(=O)NCc2cccn2-c2ccc(Cl)c(COS(C)(=O)=O)c2Cl)cc1. The van der Waals surface area contributed by atoms with Gasteiger partial charge in [0, 0.05) is 48.2 Å². The molecule has 0 saturated heterocycles. The highest BCUT2D eigenvalue weighted by atomic mass is 35.5. The van der Waals surface area contributed by atoms with Gasteiger partial charge in [-0.2, -0.15) is 8.42 Å². The lowest BCUT2D eigenvalue weighted by Gasteiger charge is -2.15. The number of amides is 2. The van der Waals surface area contributed by atoms with Gasteiger partial charge in [-0.3, -0.25) is 13.8 Å². The Bertz CT molecular complexity index is 1400. The Morgan fingerprint density at radius 1 is 1.08 bits per heavy atom. The van der Waals surface area contributed by atoms with Crippen molar-refractivity contribution in [3.8, 4) is 5.69 Å². The van der Waals surface area contributed by atoms with E-state index in [0.717, 1.165) is 17.5 Å². The number of hydrogen-bond donors (Lipinski definition) is 1. The Labute approximate surface area is 220 Å². The molecule has 1 N–H and O–H groups in total. The highest BCUT2D eigenvalue weighted by Gasteiger charge is 2.16. The van der Waals surface area contributed by atoms with E-state index in [1.165, 1.54) is 11.0 Å². The van der Waals surface area contributed by atoms with E-state index in [2.05, 4.69) is 5.32 Å². The van der Waals surface area contributed by atoms with Crippen molar-refractivity contribution in [1.29, 1.82) is 0 Å². The lowest BCUT2D eigenvalue weighted by molar-refractivity contribution is -0.116. The molecule has 3 rings (SSSR count). The van der Waals surface area contributed by atoms with Crippen molar-refractivity contribution in [2.45, 2.75) is 13.2 Å². The van der Waals surface area contributed by atoms with E-state index in [1.807, 2.05) is 6.07 Å². The van der Waals surface area contributed by atoms with E-state index in [1.54, 1.807) is 73.4 Å². The van der Waals surface area contributed by atoms with Crippen molar-refractivity contribution in [1.82, 2.24) is 14.8 Å². The molecule has 36 heavy (non-hydrogen) atoms. The maximum absolute atomic E-state index is 12.4. The molecule has 0 aliphatic rings. The smallest absolute Gasteiger partial charge is 0.264 e. The molecule has 0 bridgehead atoms. The molecule has 0 aliphatic carbocycles.